The van der Waals surface area contributed by atoms with Crippen molar-refractivity contribution in [3.63, 3.8) is 0 Å². The maximum Gasteiger partial charge on any atom is 0.335 e. The molecule has 0 aromatic heterocycles. The normalized spacial score (nSPS) is 14.6. The van der Waals surface area contributed by atoms with Gasteiger partial charge in [-0.3, -0.25) is 0 Å². The Morgan fingerprint density at radius 2 is 2.06 bits per heavy atom. The summed E-state index contributed by atoms with van der Waals surface area (Å²) in [5.41, 5.74) is 2.24. The monoisotopic (exact) mass is 232 g/mol. The maximum absolute atomic E-state index is 10.9. The second-order valence-electron chi connectivity index (χ2n) is 5.24. The van der Waals surface area contributed by atoms with Gasteiger partial charge in [0.15, 0.2) is 0 Å². The van der Waals surface area contributed by atoms with Gasteiger partial charge in [-0.25, -0.2) is 4.79 Å². The van der Waals surface area contributed by atoms with Crippen LogP contribution >= 0.6 is 0 Å². The highest BCUT2D eigenvalue weighted by Gasteiger charge is 2.24. The largest absolute Gasteiger partial charge is 0.488 e. The maximum atomic E-state index is 10.9. The lowest BCUT2D eigenvalue weighted by Crippen LogP contribution is -2.19. The minimum Gasteiger partial charge on any atom is -0.488 e. The summed E-state index contributed by atoms with van der Waals surface area (Å²) < 4.78 is 5.61. The van der Waals surface area contributed by atoms with Crippen molar-refractivity contribution in [3.05, 3.63) is 34.9 Å². The SMILES string of the molecule is CC(C)(C)c1cccc2c1OCC(C(=O)O)=C2. The van der Waals surface area contributed by atoms with E-state index >= 15 is 0 Å². The summed E-state index contributed by atoms with van der Waals surface area (Å²) >= 11 is 0. The number of benzene rings is 1. The van der Waals surface area contributed by atoms with Crippen molar-refractivity contribution < 1.29 is 14.6 Å². The number of para-hydroxylation sites is 1. The Kier molecular flexibility index (Phi) is 2.69. The Hall–Kier alpha value is -1.77. The summed E-state index contributed by atoms with van der Waals surface area (Å²) in [5.74, 6) is -0.109. The zero-order valence-corrected chi connectivity index (χ0v) is 10.3. The van der Waals surface area contributed by atoms with Crippen molar-refractivity contribution >= 4 is 12.0 Å². The first-order chi connectivity index (χ1) is 7.89. The van der Waals surface area contributed by atoms with Gasteiger partial charge < -0.3 is 9.84 Å². The zero-order chi connectivity index (χ0) is 12.6. The van der Waals surface area contributed by atoms with Gasteiger partial charge in [-0.1, -0.05) is 39.0 Å². The third kappa shape index (κ3) is 2.18. The molecule has 0 atom stereocenters. The molecule has 90 valence electrons. The van der Waals surface area contributed by atoms with Gasteiger partial charge in [0.1, 0.15) is 12.4 Å². The highest BCUT2D eigenvalue weighted by Crippen LogP contribution is 2.37. The molecule has 1 aromatic carbocycles. The van der Waals surface area contributed by atoms with Crippen LogP contribution in [0.15, 0.2) is 23.8 Å². The van der Waals surface area contributed by atoms with Crippen LogP contribution in [0.3, 0.4) is 0 Å². The van der Waals surface area contributed by atoms with Crippen LogP contribution in [0.4, 0.5) is 0 Å². The van der Waals surface area contributed by atoms with E-state index in [9.17, 15) is 4.79 Å². The molecular weight excluding hydrogens is 216 g/mol. The minimum absolute atomic E-state index is 0.0140. The average Bonchev–Trinajstić information content (AvgIpc) is 2.26. The van der Waals surface area contributed by atoms with Crippen molar-refractivity contribution in [2.24, 2.45) is 0 Å². The molecule has 0 unspecified atom stereocenters. The quantitative estimate of drug-likeness (QED) is 0.809. The second kappa shape index (κ2) is 3.91. The summed E-state index contributed by atoms with van der Waals surface area (Å²) in [4.78, 5) is 10.9. The number of hydrogen-bond donors (Lipinski definition) is 1. The van der Waals surface area contributed by atoms with Gasteiger partial charge in [0.2, 0.25) is 0 Å². The lowest BCUT2D eigenvalue weighted by molar-refractivity contribution is -0.132. The molecule has 0 saturated carbocycles. The van der Waals surface area contributed by atoms with Crippen molar-refractivity contribution in [1.82, 2.24) is 0 Å². The lowest BCUT2D eigenvalue weighted by Gasteiger charge is -2.26. The standard InChI is InChI=1S/C14H16O3/c1-14(2,3)11-6-4-5-9-7-10(13(15)16)8-17-12(9)11/h4-7H,8H2,1-3H3,(H,15,16). The number of carbonyl (C=O) groups is 1. The van der Waals surface area contributed by atoms with E-state index < -0.39 is 5.97 Å². The van der Waals surface area contributed by atoms with Gasteiger partial charge in [-0.05, 0) is 11.5 Å². The van der Waals surface area contributed by atoms with Crippen LogP contribution in [0, 0.1) is 0 Å². The fourth-order valence-electron chi connectivity index (χ4n) is 1.92. The molecule has 0 aliphatic carbocycles. The van der Waals surface area contributed by atoms with Crippen LogP contribution in [0.2, 0.25) is 0 Å². The van der Waals surface area contributed by atoms with E-state index in [0.717, 1.165) is 16.9 Å². The summed E-state index contributed by atoms with van der Waals surface area (Å²) in [6.07, 6.45) is 1.69. The fourth-order valence-corrected chi connectivity index (χ4v) is 1.92. The number of carboxylic acids is 1. The molecule has 0 spiro atoms. The van der Waals surface area contributed by atoms with Crippen LogP contribution in [0.25, 0.3) is 6.08 Å². The van der Waals surface area contributed by atoms with E-state index in [0.29, 0.717) is 5.57 Å². The first-order valence-corrected chi connectivity index (χ1v) is 5.60. The molecule has 0 radical (unpaired) electrons. The highest BCUT2D eigenvalue weighted by atomic mass is 16.5. The Balaban J connectivity index is 2.53. The van der Waals surface area contributed by atoms with E-state index in [1.807, 2.05) is 18.2 Å². The molecule has 17 heavy (non-hydrogen) atoms. The molecular formula is C14H16O3. The molecule has 3 heteroatoms. The predicted octanol–water partition coefficient (Wildman–Crippen LogP) is 2.84. The Bertz CT molecular complexity index is 493. The van der Waals surface area contributed by atoms with E-state index in [-0.39, 0.29) is 12.0 Å². The van der Waals surface area contributed by atoms with Crippen molar-refractivity contribution in [1.29, 1.82) is 0 Å². The molecule has 2 rings (SSSR count). The average molecular weight is 232 g/mol. The molecule has 1 aliphatic rings. The summed E-state index contributed by atoms with van der Waals surface area (Å²) in [5, 5.41) is 8.94. The fraction of sp³-hybridized carbons (Fsp3) is 0.357. The van der Waals surface area contributed by atoms with Crippen LogP contribution in [-0.2, 0) is 10.2 Å². The van der Waals surface area contributed by atoms with E-state index in [4.69, 9.17) is 9.84 Å². The first-order valence-electron chi connectivity index (χ1n) is 5.60. The molecule has 0 bridgehead atoms. The molecule has 1 N–H and O–H groups in total. The van der Waals surface area contributed by atoms with E-state index in [1.165, 1.54) is 0 Å². The third-order valence-corrected chi connectivity index (χ3v) is 2.83. The van der Waals surface area contributed by atoms with Crippen LogP contribution in [0.5, 0.6) is 5.75 Å². The first kappa shape index (κ1) is 11.7. The second-order valence-corrected chi connectivity index (χ2v) is 5.24. The molecule has 0 saturated heterocycles. The Labute approximate surface area is 101 Å². The smallest absolute Gasteiger partial charge is 0.335 e. The van der Waals surface area contributed by atoms with Crippen molar-refractivity contribution in [2.45, 2.75) is 26.2 Å². The van der Waals surface area contributed by atoms with E-state index in [1.54, 1.807) is 6.08 Å². The molecule has 1 heterocycles. The van der Waals surface area contributed by atoms with Crippen LogP contribution in [-0.4, -0.2) is 17.7 Å². The Morgan fingerprint density at radius 1 is 1.35 bits per heavy atom. The molecule has 0 fully saturated rings. The number of hydrogen-bond acceptors (Lipinski definition) is 2. The van der Waals surface area contributed by atoms with Gasteiger partial charge >= 0.3 is 5.97 Å². The number of ether oxygens (including phenoxy) is 1. The highest BCUT2D eigenvalue weighted by molar-refractivity contribution is 5.93. The predicted molar refractivity (Wildman–Crippen MR) is 66.2 cm³/mol. The van der Waals surface area contributed by atoms with Crippen molar-refractivity contribution in [3.8, 4) is 5.75 Å². The van der Waals surface area contributed by atoms with Crippen LogP contribution < -0.4 is 4.74 Å². The third-order valence-electron chi connectivity index (χ3n) is 2.83. The van der Waals surface area contributed by atoms with Gasteiger partial charge in [0, 0.05) is 11.1 Å². The molecule has 1 aromatic rings. The number of fused-ring (bicyclic) bond motifs is 1. The lowest BCUT2D eigenvalue weighted by atomic mass is 9.84. The van der Waals surface area contributed by atoms with E-state index in [2.05, 4.69) is 20.8 Å². The van der Waals surface area contributed by atoms with Gasteiger partial charge in [-0.15, -0.1) is 0 Å². The van der Waals surface area contributed by atoms with Crippen LogP contribution in [0.1, 0.15) is 31.9 Å². The topological polar surface area (TPSA) is 46.5 Å². The summed E-state index contributed by atoms with van der Waals surface area (Å²) in [6.45, 7) is 6.47. The summed E-state index contributed by atoms with van der Waals surface area (Å²) in [6, 6.07) is 5.84. The number of rotatable bonds is 1. The zero-order valence-electron chi connectivity index (χ0n) is 10.3. The Morgan fingerprint density at radius 3 is 2.65 bits per heavy atom. The van der Waals surface area contributed by atoms with Gasteiger partial charge in [0.05, 0.1) is 5.57 Å². The molecule has 1 aliphatic heterocycles. The van der Waals surface area contributed by atoms with Gasteiger partial charge in [-0.2, -0.15) is 0 Å². The van der Waals surface area contributed by atoms with Gasteiger partial charge in [0.25, 0.3) is 0 Å². The molecule has 0 amide bonds. The minimum atomic E-state index is -0.920. The molecule has 3 nitrogen and oxygen atoms in total. The van der Waals surface area contributed by atoms with Crippen molar-refractivity contribution in [2.75, 3.05) is 6.61 Å². The number of aliphatic carboxylic acids is 1. The summed E-state index contributed by atoms with van der Waals surface area (Å²) in [7, 11) is 0. The number of carboxylic acid groups (broad SMARTS) is 1.